The van der Waals surface area contributed by atoms with Gasteiger partial charge in [0.2, 0.25) is 0 Å². The van der Waals surface area contributed by atoms with E-state index in [1.807, 2.05) is 0 Å². The molecule has 8 heteroatoms. The second-order valence-corrected chi connectivity index (χ2v) is 6.45. The second-order valence-electron chi connectivity index (χ2n) is 6.45. The van der Waals surface area contributed by atoms with Gasteiger partial charge in [-0.05, 0) is 37.6 Å². The third-order valence-electron chi connectivity index (χ3n) is 4.11. The molecule has 0 spiro atoms. The lowest BCUT2D eigenvalue weighted by atomic mass is 10.1. The lowest BCUT2D eigenvalue weighted by Gasteiger charge is -2.13. The van der Waals surface area contributed by atoms with Gasteiger partial charge in [0.1, 0.15) is 5.75 Å². The summed E-state index contributed by atoms with van der Waals surface area (Å²) in [5.41, 5.74) is 0.455. The molecule has 0 aliphatic heterocycles. The molecular weight excluding hydrogens is 368 g/mol. The largest absolute Gasteiger partial charge is 0.435 e. The van der Waals surface area contributed by atoms with Crippen LogP contribution in [0.4, 0.5) is 8.78 Å². The van der Waals surface area contributed by atoms with Gasteiger partial charge in [0.25, 0.3) is 11.5 Å². The standard InChI is InChI=1S/C20H19F2N3O3/c1-12(2)25-19(27)16-9-4-3-8-15(16)17(24-25)18(26)23-11-13-6-5-7-14(10-13)28-20(21)22/h3-10,12,20H,11H2,1-2H3,(H,23,26). The quantitative estimate of drug-likeness (QED) is 0.703. The average Bonchev–Trinajstić information content (AvgIpc) is 2.66. The molecule has 1 aromatic heterocycles. The van der Waals surface area contributed by atoms with Gasteiger partial charge in [-0.1, -0.05) is 30.3 Å². The molecule has 0 saturated heterocycles. The maximum Gasteiger partial charge on any atom is 0.387 e. The first-order chi connectivity index (χ1) is 13.4. The highest BCUT2D eigenvalue weighted by molar-refractivity contribution is 6.04. The number of fused-ring (bicyclic) bond motifs is 1. The Labute approximate surface area is 159 Å². The molecule has 0 radical (unpaired) electrons. The Balaban J connectivity index is 1.88. The van der Waals surface area contributed by atoms with Crippen molar-refractivity contribution in [2.45, 2.75) is 33.0 Å². The van der Waals surface area contributed by atoms with Crippen molar-refractivity contribution in [3.8, 4) is 5.75 Å². The number of halogens is 2. The summed E-state index contributed by atoms with van der Waals surface area (Å²) in [6.45, 7) is 0.784. The average molecular weight is 387 g/mol. The lowest BCUT2D eigenvalue weighted by Crippen LogP contribution is -2.31. The first kappa shape index (κ1) is 19.5. The van der Waals surface area contributed by atoms with E-state index < -0.39 is 12.5 Å². The Morgan fingerprint density at radius 2 is 1.86 bits per heavy atom. The van der Waals surface area contributed by atoms with Crippen molar-refractivity contribution in [2.24, 2.45) is 0 Å². The maximum atomic E-state index is 12.7. The molecule has 0 saturated carbocycles. The van der Waals surface area contributed by atoms with Crippen molar-refractivity contribution in [1.82, 2.24) is 15.1 Å². The van der Waals surface area contributed by atoms with Gasteiger partial charge < -0.3 is 10.1 Å². The highest BCUT2D eigenvalue weighted by Crippen LogP contribution is 2.17. The topological polar surface area (TPSA) is 73.2 Å². The van der Waals surface area contributed by atoms with Crippen molar-refractivity contribution >= 4 is 16.7 Å². The first-order valence-corrected chi connectivity index (χ1v) is 8.70. The van der Waals surface area contributed by atoms with Crippen molar-refractivity contribution < 1.29 is 18.3 Å². The smallest absolute Gasteiger partial charge is 0.387 e. The molecule has 0 bridgehead atoms. The molecule has 0 atom stereocenters. The fraction of sp³-hybridized carbons (Fsp3) is 0.250. The van der Waals surface area contributed by atoms with Gasteiger partial charge >= 0.3 is 6.61 Å². The Hall–Kier alpha value is -3.29. The zero-order chi connectivity index (χ0) is 20.3. The van der Waals surface area contributed by atoms with Gasteiger partial charge in [0.05, 0.1) is 11.4 Å². The van der Waals surface area contributed by atoms with Crippen molar-refractivity contribution in [3.63, 3.8) is 0 Å². The van der Waals surface area contributed by atoms with Crippen LogP contribution >= 0.6 is 0 Å². The van der Waals surface area contributed by atoms with Crippen molar-refractivity contribution in [3.05, 3.63) is 70.1 Å². The third-order valence-corrected chi connectivity index (χ3v) is 4.11. The summed E-state index contributed by atoms with van der Waals surface area (Å²) in [7, 11) is 0. The molecule has 0 unspecified atom stereocenters. The zero-order valence-corrected chi connectivity index (χ0v) is 15.4. The van der Waals surface area contributed by atoms with E-state index in [-0.39, 0.29) is 29.6 Å². The minimum absolute atomic E-state index is 0.0127. The minimum atomic E-state index is -2.92. The number of alkyl halides is 2. The van der Waals surface area contributed by atoms with Gasteiger partial charge in [-0.3, -0.25) is 9.59 Å². The predicted octanol–water partition coefficient (Wildman–Crippen LogP) is 3.51. The van der Waals surface area contributed by atoms with Gasteiger partial charge in [0, 0.05) is 11.9 Å². The van der Waals surface area contributed by atoms with E-state index in [9.17, 15) is 18.4 Å². The number of benzene rings is 2. The van der Waals surface area contributed by atoms with Crippen LogP contribution in [0.25, 0.3) is 10.8 Å². The van der Waals surface area contributed by atoms with Crippen LogP contribution in [0.2, 0.25) is 0 Å². The molecule has 146 valence electrons. The zero-order valence-electron chi connectivity index (χ0n) is 15.4. The van der Waals surface area contributed by atoms with Crippen LogP contribution in [0.3, 0.4) is 0 Å². The van der Waals surface area contributed by atoms with E-state index in [0.717, 1.165) is 0 Å². The number of hydrogen-bond acceptors (Lipinski definition) is 4. The molecule has 1 heterocycles. The number of rotatable bonds is 6. The molecule has 0 aliphatic carbocycles. The van der Waals surface area contributed by atoms with E-state index in [2.05, 4.69) is 15.2 Å². The maximum absolute atomic E-state index is 12.7. The molecule has 3 rings (SSSR count). The summed E-state index contributed by atoms with van der Waals surface area (Å²) in [6.07, 6.45) is 0. The van der Waals surface area contributed by atoms with Crippen LogP contribution in [-0.2, 0) is 6.54 Å². The Morgan fingerprint density at radius 3 is 2.54 bits per heavy atom. The molecule has 0 fully saturated rings. The highest BCUT2D eigenvalue weighted by atomic mass is 19.3. The predicted molar refractivity (Wildman–Crippen MR) is 101 cm³/mol. The molecule has 1 N–H and O–H groups in total. The van der Waals surface area contributed by atoms with Crippen LogP contribution in [0.1, 0.15) is 35.9 Å². The van der Waals surface area contributed by atoms with E-state index in [4.69, 9.17) is 0 Å². The Morgan fingerprint density at radius 1 is 1.14 bits per heavy atom. The third kappa shape index (κ3) is 4.16. The number of nitrogens with one attached hydrogen (secondary N) is 1. The van der Waals surface area contributed by atoms with E-state index in [1.165, 1.54) is 16.8 Å². The van der Waals surface area contributed by atoms with Crippen molar-refractivity contribution in [1.29, 1.82) is 0 Å². The van der Waals surface area contributed by atoms with Crippen LogP contribution in [0.5, 0.6) is 5.75 Å². The number of hydrogen-bond donors (Lipinski definition) is 1. The van der Waals surface area contributed by atoms with E-state index >= 15 is 0 Å². The summed E-state index contributed by atoms with van der Waals surface area (Å²) < 4.78 is 30.3. The molecule has 2 aromatic carbocycles. The first-order valence-electron chi connectivity index (χ1n) is 8.70. The minimum Gasteiger partial charge on any atom is -0.435 e. The van der Waals surface area contributed by atoms with Gasteiger partial charge in [-0.15, -0.1) is 0 Å². The Bertz CT molecular complexity index is 1060. The monoisotopic (exact) mass is 387 g/mol. The number of ether oxygens (including phenoxy) is 1. The van der Waals surface area contributed by atoms with Crippen LogP contribution in [-0.4, -0.2) is 22.3 Å². The normalized spacial score (nSPS) is 11.2. The summed E-state index contributed by atoms with van der Waals surface area (Å²) in [5.74, 6) is -0.454. The summed E-state index contributed by atoms with van der Waals surface area (Å²) in [4.78, 5) is 25.3. The van der Waals surface area contributed by atoms with Crippen LogP contribution in [0.15, 0.2) is 53.3 Å². The van der Waals surface area contributed by atoms with Gasteiger partial charge in [-0.25, -0.2) is 4.68 Å². The summed E-state index contributed by atoms with van der Waals surface area (Å²) >= 11 is 0. The summed E-state index contributed by atoms with van der Waals surface area (Å²) in [5, 5.41) is 7.81. The Kier molecular flexibility index (Phi) is 5.67. The van der Waals surface area contributed by atoms with E-state index in [1.54, 1.807) is 50.2 Å². The molecule has 1 amide bonds. The lowest BCUT2D eigenvalue weighted by molar-refractivity contribution is -0.0498. The van der Waals surface area contributed by atoms with Crippen LogP contribution in [0, 0.1) is 0 Å². The number of carbonyl (C=O) groups is 1. The molecule has 0 aliphatic rings. The highest BCUT2D eigenvalue weighted by Gasteiger charge is 2.17. The number of amides is 1. The number of aromatic nitrogens is 2. The molecule has 6 nitrogen and oxygen atoms in total. The molecular formula is C20H19F2N3O3. The van der Waals surface area contributed by atoms with Crippen molar-refractivity contribution in [2.75, 3.05) is 0 Å². The van der Waals surface area contributed by atoms with Gasteiger partial charge in [-0.2, -0.15) is 13.9 Å². The molecule has 28 heavy (non-hydrogen) atoms. The van der Waals surface area contributed by atoms with Gasteiger partial charge in [0.15, 0.2) is 5.69 Å². The number of carbonyl (C=O) groups excluding carboxylic acids is 1. The fourth-order valence-electron chi connectivity index (χ4n) is 2.82. The number of nitrogens with zero attached hydrogens (tertiary/aromatic N) is 2. The molecule has 3 aromatic rings. The fourth-order valence-corrected chi connectivity index (χ4v) is 2.82. The SMILES string of the molecule is CC(C)n1nc(C(=O)NCc2cccc(OC(F)F)c2)c2ccccc2c1=O. The van der Waals surface area contributed by atoms with Crippen LogP contribution < -0.4 is 15.6 Å². The second kappa shape index (κ2) is 8.16. The van der Waals surface area contributed by atoms with E-state index in [0.29, 0.717) is 16.3 Å². The summed E-state index contributed by atoms with van der Waals surface area (Å²) in [6, 6.07) is 12.6.